The molecule has 2 N–H and O–H groups in total. The summed E-state index contributed by atoms with van der Waals surface area (Å²) in [5, 5.41) is 4.38. The zero-order valence-corrected chi connectivity index (χ0v) is 11.4. The fourth-order valence-electron chi connectivity index (χ4n) is 2.66. The van der Waals surface area contributed by atoms with Crippen LogP contribution in [-0.4, -0.2) is 24.9 Å². The van der Waals surface area contributed by atoms with Crippen molar-refractivity contribution in [2.24, 2.45) is 5.73 Å². The van der Waals surface area contributed by atoms with E-state index in [1.165, 1.54) is 6.42 Å². The molecule has 19 heavy (non-hydrogen) atoms. The minimum absolute atomic E-state index is 0.0329. The number of nitrogens with two attached hydrogens (primary N) is 1. The Morgan fingerprint density at radius 3 is 2.89 bits per heavy atom. The number of imidazole rings is 1. The first kappa shape index (κ1) is 12.4. The molecule has 0 aliphatic heterocycles. The minimum Gasteiger partial charge on any atom is -0.329 e. The number of hydrogen-bond acceptors (Lipinski definition) is 3. The van der Waals surface area contributed by atoms with E-state index in [2.05, 4.69) is 27.8 Å². The lowest BCUT2D eigenvalue weighted by Crippen LogP contribution is -2.49. The second-order valence-electron chi connectivity index (χ2n) is 5.61. The molecule has 1 aliphatic carbocycles. The Hall–Kier alpha value is -1.62. The molecule has 0 radical (unpaired) electrons. The first-order valence-corrected chi connectivity index (χ1v) is 7.02. The standard InChI is InChI=1S/C14H21N5/c1-2-6-19-9-12(7-17-19)13-8-16-11-18(13)10-14(15)4-3-5-14/h7-9,11H,2-6,10,15H2,1H3. The number of nitrogens with zero attached hydrogens (tertiary/aromatic N) is 4. The van der Waals surface area contributed by atoms with Gasteiger partial charge in [-0.3, -0.25) is 4.68 Å². The number of hydrogen-bond donors (Lipinski definition) is 1. The van der Waals surface area contributed by atoms with E-state index < -0.39 is 0 Å². The molecule has 0 atom stereocenters. The largest absolute Gasteiger partial charge is 0.329 e. The predicted molar refractivity (Wildman–Crippen MR) is 74.5 cm³/mol. The molecule has 5 nitrogen and oxygen atoms in total. The topological polar surface area (TPSA) is 61.7 Å². The van der Waals surface area contributed by atoms with Crippen LogP contribution >= 0.6 is 0 Å². The summed E-state index contributed by atoms with van der Waals surface area (Å²) in [7, 11) is 0. The van der Waals surface area contributed by atoms with Crippen LogP contribution in [0.4, 0.5) is 0 Å². The quantitative estimate of drug-likeness (QED) is 0.893. The van der Waals surface area contributed by atoms with Crippen LogP contribution < -0.4 is 5.73 Å². The van der Waals surface area contributed by atoms with Crippen molar-refractivity contribution in [1.82, 2.24) is 19.3 Å². The Kier molecular flexibility index (Phi) is 3.14. The van der Waals surface area contributed by atoms with Crippen LogP contribution in [0.3, 0.4) is 0 Å². The summed E-state index contributed by atoms with van der Waals surface area (Å²) in [6, 6.07) is 0. The highest BCUT2D eigenvalue weighted by Crippen LogP contribution is 2.32. The second kappa shape index (κ2) is 4.81. The molecule has 0 saturated heterocycles. The van der Waals surface area contributed by atoms with Crippen LogP contribution in [0.25, 0.3) is 11.3 Å². The van der Waals surface area contributed by atoms with E-state index in [1.807, 2.05) is 23.4 Å². The van der Waals surface area contributed by atoms with Crippen LogP contribution in [0.2, 0.25) is 0 Å². The van der Waals surface area contributed by atoms with Gasteiger partial charge in [0.2, 0.25) is 0 Å². The van der Waals surface area contributed by atoms with E-state index in [1.54, 1.807) is 0 Å². The summed E-state index contributed by atoms with van der Waals surface area (Å²) in [5.74, 6) is 0. The third-order valence-corrected chi connectivity index (χ3v) is 3.93. The van der Waals surface area contributed by atoms with Gasteiger partial charge in [0.05, 0.1) is 24.4 Å². The highest BCUT2D eigenvalue weighted by molar-refractivity contribution is 5.56. The van der Waals surface area contributed by atoms with E-state index in [0.29, 0.717) is 0 Å². The summed E-state index contributed by atoms with van der Waals surface area (Å²) >= 11 is 0. The highest BCUT2D eigenvalue weighted by atomic mass is 15.3. The van der Waals surface area contributed by atoms with Gasteiger partial charge in [-0.15, -0.1) is 0 Å². The maximum atomic E-state index is 6.32. The Bertz CT molecular complexity index is 550. The lowest BCUT2D eigenvalue weighted by atomic mass is 9.77. The molecule has 2 aromatic rings. The van der Waals surface area contributed by atoms with Crippen molar-refractivity contribution in [3.05, 3.63) is 24.9 Å². The first-order valence-electron chi connectivity index (χ1n) is 7.02. The summed E-state index contributed by atoms with van der Waals surface area (Å²) in [6.45, 7) is 3.95. The molecule has 1 fully saturated rings. The van der Waals surface area contributed by atoms with Crippen molar-refractivity contribution in [1.29, 1.82) is 0 Å². The van der Waals surface area contributed by atoms with Crippen LogP contribution in [0.1, 0.15) is 32.6 Å². The third kappa shape index (κ3) is 2.42. The molecule has 3 rings (SSSR count). The molecule has 0 amide bonds. The smallest absolute Gasteiger partial charge is 0.0951 e. The van der Waals surface area contributed by atoms with Crippen molar-refractivity contribution in [3.8, 4) is 11.3 Å². The fraction of sp³-hybridized carbons (Fsp3) is 0.571. The lowest BCUT2D eigenvalue weighted by molar-refractivity contribution is 0.216. The molecule has 2 aromatic heterocycles. The molecule has 0 aromatic carbocycles. The number of rotatable bonds is 5. The average Bonchev–Trinajstić information content (AvgIpc) is 2.96. The van der Waals surface area contributed by atoms with Crippen molar-refractivity contribution in [3.63, 3.8) is 0 Å². The molecule has 5 heteroatoms. The summed E-state index contributed by atoms with van der Waals surface area (Å²) < 4.78 is 4.14. The monoisotopic (exact) mass is 259 g/mol. The Labute approximate surface area is 113 Å². The number of aryl methyl sites for hydroxylation is 1. The Balaban J connectivity index is 1.82. The van der Waals surface area contributed by atoms with Crippen molar-refractivity contribution in [2.45, 2.75) is 51.2 Å². The average molecular weight is 259 g/mol. The molecule has 102 valence electrons. The normalized spacial score (nSPS) is 17.4. The van der Waals surface area contributed by atoms with E-state index in [-0.39, 0.29) is 5.54 Å². The molecule has 2 heterocycles. The SMILES string of the molecule is CCCn1cc(-c2cncn2CC2(N)CCC2)cn1. The number of aromatic nitrogens is 4. The van der Waals surface area contributed by atoms with Crippen molar-refractivity contribution >= 4 is 0 Å². The van der Waals surface area contributed by atoms with Gasteiger partial charge in [-0.25, -0.2) is 4.98 Å². The molecule has 1 aliphatic rings. The molecule has 0 spiro atoms. The van der Waals surface area contributed by atoms with Gasteiger partial charge in [0.15, 0.2) is 0 Å². The zero-order valence-electron chi connectivity index (χ0n) is 11.4. The van der Waals surface area contributed by atoms with Crippen molar-refractivity contribution in [2.75, 3.05) is 0 Å². The molecular formula is C14H21N5. The molecule has 0 unspecified atom stereocenters. The maximum absolute atomic E-state index is 6.32. The Morgan fingerprint density at radius 1 is 1.37 bits per heavy atom. The summed E-state index contributed by atoms with van der Waals surface area (Å²) in [5.41, 5.74) is 8.52. The maximum Gasteiger partial charge on any atom is 0.0951 e. The predicted octanol–water partition coefficient (Wildman–Crippen LogP) is 2.04. The van der Waals surface area contributed by atoms with Gasteiger partial charge < -0.3 is 10.3 Å². The molecule has 1 saturated carbocycles. The van der Waals surface area contributed by atoms with Crippen LogP contribution in [0.15, 0.2) is 24.9 Å². The van der Waals surface area contributed by atoms with Crippen molar-refractivity contribution < 1.29 is 0 Å². The van der Waals surface area contributed by atoms with Gasteiger partial charge in [0.1, 0.15) is 0 Å². The van der Waals surface area contributed by atoms with Gasteiger partial charge in [-0.1, -0.05) is 6.92 Å². The summed E-state index contributed by atoms with van der Waals surface area (Å²) in [6.07, 6.45) is 12.3. The van der Waals surface area contributed by atoms with Crippen LogP contribution in [0.5, 0.6) is 0 Å². The zero-order chi connectivity index (χ0) is 13.3. The summed E-state index contributed by atoms with van der Waals surface area (Å²) in [4.78, 5) is 4.27. The van der Waals surface area contributed by atoms with Gasteiger partial charge >= 0.3 is 0 Å². The molecular weight excluding hydrogens is 238 g/mol. The van der Waals surface area contributed by atoms with E-state index in [4.69, 9.17) is 5.73 Å². The van der Waals surface area contributed by atoms with E-state index in [0.717, 1.165) is 43.6 Å². The van der Waals surface area contributed by atoms with Gasteiger partial charge in [0.25, 0.3) is 0 Å². The van der Waals surface area contributed by atoms with Crippen LogP contribution in [0, 0.1) is 0 Å². The second-order valence-corrected chi connectivity index (χ2v) is 5.61. The Morgan fingerprint density at radius 2 is 2.21 bits per heavy atom. The van der Waals surface area contributed by atoms with E-state index in [9.17, 15) is 0 Å². The van der Waals surface area contributed by atoms with E-state index >= 15 is 0 Å². The minimum atomic E-state index is -0.0329. The van der Waals surface area contributed by atoms with Gasteiger partial charge in [0, 0.05) is 30.4 Å². The lowest BCUT2D eigenvalue weighted by Gasteiger charge is -2.38. The molecule has 0 bridgehead atoms. The first-order chi connectivity index (χ1) is 9.20. The van der Waals surface area contributed by atoms with Gasteiger partial charge in [-0.2, -0.15) is 5.10 Å². The third-order valence-electron chi connectivity index (χ3n) is 3.93. The fourth-order valence-corrected chi connectivity index (χ4v) is 2.66. The van der Waals surface area contributed by atoms with Gasteiger partial charge in [-0.05, 0) is 25.7 Å². The highest BCUT2D eigenvalue weighted by Gasteiger charge is 2.33. The van der Waals surface area contributed by atoms with Crippen LogP contribution in [-0.2, 0) is 13.1 Å².